The van der Waals surface area contributed by atoms with Crippen molar-refractivity contribution in [3.63, 3.8) is 0 Å². The highest BCUT2D eigenvalue weighted by Gasteiger charge is 2.38. The van der Waals surface area contributed by atoms with E-state index < -0.39 is 0 Å². The van der Waals surface area contributed by atoms with Crippen LogP contribution in [0.15, 0.2) is 5.16 Å². The molecule has 5 nitrogen and oxygen atoms in total. The Hall–Kier alpha value is -1.04. The first kappa shape index (κ1) is 16.4. The third-order valence-electron chi connectivity index (χ3n) is 5.62. The van der Waals surface area contributed by atoms with Crippen LogP contribution in [0.25, 0.3) is 0 Å². The summed E-state index contributed by atoms with van der Waals surface area (Å²) in [6.07, 6.45) is 8.42. The predicted molar refractivity (Wildman–Crippen MR) is 95.2 cm³/mol. The Kier molecular flexibility index (Phi) is 4.35. The second-order valence-electron chi connectivity index (χ2n) is 7.85. The number of rotatable bonds is 5. The van der Waals surface area contributed by atoms with Crippen molar-refractivity contribution in [2.75, 3.05) is 0 Å². The SMILES string of the molecule is CC(Sc1nnc(C2CC2)n1C1CC1)C(=O)N1C(C)CCCC1C. The van der Waals surface area contributed by atoms with E-state index in [2.05, 4.69) is 33.5 Å². The quantitative estimate of drug-likeness (QED) is 0.760. The predicted octanol–water partition coefficient (Wildman–Crippen LogP) is 3.76. The van der Waals surface area contributed by atoms with Crippen molar-refractivity contribution in [1.29, 1.82) is 0 Å². The molecule has 3 unspecified atom stereocenters. The molecule has 0 spiro atoms. The number of piperidine rings is 1. The first-order chi connectivity index (χ1) is 11.6. The molecule has 1 aliphatic heterocycles. The second-order valence-corrected chi connectivity index (χ2v) is 9.16. The molecule has 3 atom stereocenters. The molecule has 0 aromatic carbocycles. The van der Waals surface area contributed by atoms with Crippen LogP contribution in [0.5, 0.6) is 0 Å². The Morgan fingerprint density at radius 3 is 2.33 bits per heavy atom. The molecule has 2 saturated carbocycles. The molecule has 3 aliphatic rings. The molecular weight excluding hydrogens is 320 g/mol. The molecule has 1 saturated heterocycles. The third-order valence-corrected chi connectivity index (χ3v) is 6.67. The van der Waals surface area contributed by atoms with E-state index >= 15 is 0 Å². The van der Waals surface area contributed by atoms with Gasteiger partial charge in [0.1, 0.15) is 5.82 Å². The Morgan fingerprint density at radius 2 is 1.75 bits per heavy atom. The van der Waals surface area contributed by atoms with Gasteiger partial charge in [0.25, 0.3) is 0 Å². The van der Waals surface area contributed by atoms with Crippen LogP contribution in [0.1, 0.15) is 83.5 Å². The summed E-state index contributed by atoms with van der Waals surface area (Å²) >= 11 is 1.61. The largest absolute Gasteiger partial charge is 0.336 e. The van der Waals surface area contributed by atoms with Crippen molar-refractivity contribution in [2.24, 2.45) is 0 Å². The lowest BCUT2D eigenvalue weighted by Crippen LogP contribution is -2.50. The first-order valence-electron chi connectivity index (χ1n) is 9.50. The van der Waals surface area contributed by atoms with Crippen LogP contribution < -0.4 is 0 Å². The van der Waals surface area contributed by atoms with Crippen molar-refractivity contribution in [2.45, 2.75) is 100 Å². The van der Waals surface area contributed by atoms with E-state index in [9.17, 15) is 4.79 Å². The fourth-order valence-electron chi connectivity index (χ4n) is 3.94. The van der Waals surface area contributed by atoms with Crippen LogP contribution in [0.4, 0.5) is 0 Å². The number of amides is 1. The van der Waals surface area contributed by atoms with E-state index in [0.29, 0.717) is 24.0 Å². The van der Waals surface area contributed by atoms with Crippen molar-refractivity contribution in [3.8, 4) is 0 Å². The minimum Gasteiger partial charge on any atom is -0.336 e. The van der Waals surface area contributed by atoms with Crippen LogP contribution in [-0.2, 0) is 4.79 Å². The lowest BCUT2D eigenvalue weighted by Gasteiger charge is -2.40. The maximum atomic E-state index is 13.0. The molecule has 2 heterocycles. The van der Waals surface area contributed by atoms with Crippen LogP contribution >= 0.6 is 11.8 Å². The summed E-state index contributed by atoms with van der Waals surface area (Å²) in [6, 6.07) is 1.29. The Morgan fingerprint density at radius 1 is 1.08 bits per heavy atom. The van der Waals surface area contributed by atoms with Crippen LogP contribution in [0.2, 0.25) is 0 Å². The van der Waals surface area contributed by atoms with Gasteiger partial charge in [0.2, 0.25) is 5.91 Å². The lowest BCUT2D eigenvalue weighted by molar-refractivity contribution is -0.136. The van der Waals surface area contributed by atoms with Gasteiger partial charge in [-0.3, -0.25) is 4.79 Å². The zero-order valence-corrected chi connectivity index (χ0v) is 15.8. The standard InChI is InChI=1S/C18H28N4OS/c1-11-5-4-6-12(2)21(11)17(23)13(3)24-18-20-19-16(14-7-8-14)22(18)15-9-10-15/h11-15H,4-10H2,1-3H3. The minimum absolute atomic E-state index is 0.0956. The molecule has 4 rings (SSSR count). The normalized spacial score (nSPS) is 28.9. The maximum Gasteiger partial charge on any atom is 0.236 e. The molecule has 0 bridgehead atoms. The molecule has 0 radical (unpaired) electrons. The topological polar surface area (TPSA) is 51.0 Å². The van der Waals surface area contributed by atoms with E-state index in [0.717, 1.165) is 18.0 Å². The molecule has 2 aliphatic carbocycles. The molecule has 3 fully saturated rings. The van der Waals surface area contributed by atoms with Gasteiger partial charge in [-0.05, 0) is 65.7 Å². The summed E-state index contributed by atoms with van der Waals surface area (Å²) < 4.78 is 2.34. The van der Waals surface area contributed by atoms with Gasteiger partial charge in [0.15, 0.2) is 5.16 Å². The zero-order valence-electron chi connectivity index (χ0n) is 14.9. The van der Waals surface area contributed by atoms with E-state index in [-0.39, 0.29) is 11.2 Å². The number of carbonyl (C=O) groups excluding carboxylic acids is 1. The summed E-state index contributed by atoms with van der Waals surface area (Å²) in [5.41, 5.74) is 0. The Balaban J connectivity index is 1.49. The number of hydrogen-bond acceptors (Lipinski definition) is 4. The number of nitrogens with zero attached hydrogens (tertiary/aromatic N) is 4. The van der Waals surface area contributed by atoms with Crippen molar-refractivity contribution >= 4 is 17.7 Å². The number of carbonyl (C=O) groups is 1. The van der Waals surface area contributed by atoms with Crippen molar-refractivity contribution in [1.82, 2.24) is 19.7 Å². The Labute approximate surface area is 148 Å². The van der Waals surface area contributed by atoms with Crippen molar-refractivity contribution < 1.29 is 4.79 Å². The van der Waals surface area contributed by atoms with E-state index in [1.54, 1.807) is 11.8 Å². The van der Waals surface area contributed by atoms with E-state index in [1.807, 2.05) is 6.92 Å². The number of aromatic nitrogens is 3. The van der Waals surface area contributed by atoms with E-state index in [4.69, 9.17) is 0 Å². The van der Waals surface area contributed by atoms with Crippen LogP contribution in [-0.4, -0.2) is 42.9 Å². The summed E-state index contributed by atoms with van der Waals surface area (Å²) in [4.78, 5) is 15.1. The third kappa shape index (κ3) is 3.09. The van der Waals surface area contributed by atoms with Gasteiger partial charge in [-0.1, -0.05) is 11.8 Å². The zero-order chi connectivity index (χ0) is 16.8. The fourth-order valence-corrected chi connectivity index (χ4v) is 4.92. The number of hydrogen-bond donors (Lipinski definition) is 0. The molecular formula is C18H28N4OS. The highest BCUT2D eigenvalue weighted by Crippen LogP contribution is 2.46. The molecule has 0 N–H and O–H groups in total. The summed E-state index contributed by atoms with van der Waals surface area (Å²) in [5.74, 6) is 2.04. The maximum absolute atomic E-state index is 13.0. The number of likely N-dealkylation sites (tertiary alicyclic amines) is 1. The van der Waals surface area contributed by atoms with Crippen LogP contribution in [0, 0.1) is 0 Å². The average molecular weight is 349 g/mol. The highest BCUT2D eigenvalue weighted by atomic mass is 32.2. The first-order valence-corrected chi connectivity index (χ1v) is 10.4. The molecule has 1 amide bonds. The average Bonchev–Trinajstić information content (AvgIpc) is 3.46. The van der Waals surface area contributed by atoms with Crippen LogP contribution in [0.3, 0.4) is 0 Å². The van der Waals surface area contributed by atoms with Gasteiger partial charge < -0.3 is 9.47 Å². The highest BCUT2D eigenvalue weighted by molar-refractivity contribution is 8.00. The smallest absolute Gasteiger partial charge is 0.236 e. The van der Waals surface area contributed by atoms with Gasteiger partial charge >= 0.3 is 0 Å². The van der Waals surface area contributed by atoms with Gasteiger partial charge in [-0.2, -0.15) is 0 Å². The minimum atomic E-state index is -0.0956. The molecule has 1 aromatic heterocycles. The monoisotopic (exact) mass is 348 g/mol. The molecule has 1 aromatic rings. The molecule has 6 heteroatoms. The molecule has 24 heavy (non-hydrogen) atoms. The summed E-state index contributed by atoms with van der Waals surface area (Å²) in [7, 11) is 0. The van der Waals surface area contributed by atoms with Gasteiger partial charge in [0, 0.05) is 24.0 Å². The molecule has 132 valence electrons. The summed E-state index contributed by atoms with van der Waals surface area (Å²) in [5, 5.41) is 9.77. The number of thioether (sulfide) groups is 1. The second kappa shape index (κ2) is 6.36. The lowest BCUT2D eigenvalue weighted by atomic mass is 9.97. The summed E-state index contributed by atoms with van der Waals surface area (Å²) in [6.45, 7) is 6.40. The van der Waals surface area contributed by atoms with Crippen molar-refractivity contribution in [3.05, 3.63) is 5.82 Å². The van der Waals surface area contributed by atoms with Gasteiger partial charge in [-0.25, -0.2) is 0 Å². The Bertz CT molecular complexity index is 613. The van der Waals surface area contributed by atoms with Gasteiger partial charge in [0.05, 0.1) is 5.25 Å². The van der Waals surface area contributed by atoms with Gasteiger partial charge in [-0.15, -0.1) is 10.2 Å². The fraction of sp³-hybridized carbons (Fsp3) is 0.833. The van der Waals surface area contributed by atoms with E-state index in [1.165, 1.54) is 37.9 Å².